The number of benzene rings is 2. The molecule has 32 heavy (non-hydrogen) atoms. The monoisotopic (exact) mass is 438 g/mol. The normalized spacial score (nSPS) is 16.3. The molecule has 1 heterocycles. The Hall–Kier alpha value is -3.35. The Morgan fingerprint density at radius 2 is 1.75 bits per heavy atom. The topological polar surface area (TPSA) is 84.9 Å². The van der Waals surface area contributed by atoms with Gasteiger partial charge in [-0.2, -0.15) is 0 Å². The largest absolute Gasteiger partial charge is 0.484 e. The third-order valence-electron chi connectivity index (χ3n) is 5.34. The van der Waals surface area contributed by atoms with Crippen LogP contribution in [0.1, 0.15) is 38.3 Å². The number of hydrogen-bond acceptors (Lipinski definition) is 5. The lowest BCUT2D eigenvalue weighted by Gasteiger charge is -2.34. The number of ether oxygens (including phenoxy) is 2. The molecule has 1 atom stereocenters. The molecule has 1 N–H and O–H groups in total. The second kappa shape index (κ2) is 10.3. The number of rotatable bonds is 7. The minimum atomic E-state index is -0.911. The van der Waals surface area contributed by atoms with E-state index >= 15 is 0 Å². The molecule has 3 rings (SSSR count). The Labute approximate surface area is 188 Å². The summed E-state index contributed by atoms with van der Waals surface area (Å²) in [6.07, 6.45) is -0.204. The molecule has 0 aromatic heterocycles. The average molecular weight is 439 g/mol. The van der Waals surface area contributed by atoms with Crippen LogP contribution in [0.15, 0.2) is 54.6 Å². The van der Waals surface area contributed by atoms with Crippen LogP contribution in [0.5, 0.6) is 5.75 Å². The van der Waals surface area contributed by atoms with Crippen molar-refractivity contribution in [3.05, 3.63) is 65.7 Å². The van der Waals surface area contributed by atoms with E-state index in [1.807, 2.05) is 54.6 Å². The van der Waals surface area contributed by atoms with E-state index in [0.29, 0.717) is 18.8 Å². The summed E-state index contributed by atoms with van der Waals surface area (Å²) in [5, 5.41) is 2.71. The van der Waals surface area contributed by atoms with Crippen molar-refractivity contribution in [3.63, 3.8) is 0 Å². The molecule has 0 saturated carbocycles. The summed E-state index contributed by atoms with van der Waals surface area (Å²) in [4.78, 5) is 38.9. The van der Waals surface area contributed by atoms with Crippen molar-refractivity contribution in [2.24, 2.45) is 0 Å². The van der Waals surface area contributed by atoms with Gasteiger partial charge in [-0.15, -0.1) is 0 Å². The van der Waals surface area contributed by atoms with Gasteiger partial charge in [-0.3, -0.25) is 14.4 Å². The average Bonchev–Trinajstić information content (AvgIpc) is 2.78. The minimum Gasteiger partial charge on any atom is -0.484 e. The Kier molecular flexibility index (Phi) is 7.51. The number of carbonyl (C=O) groups excluding carboxylic acids is 3. The van der Waals surface area contributed by atoms with Crippen LogP contribution in [0.3, 0.4) is 0 Å². The van der Waals surface area contributed by atoms with Gasteiger partial charge in [0.1, 0.15) is 18.4 Å². The molecule has 0 spiro atoms. The first-order valence-electron chi connectivity index (χ1n) is 10.7. The van der Waals surface area contributed by atoms with Crippen LogP contribution in [0.4, 0.5) is 0 Å². The summed E-state index contributed by atoms with van der Waals surface area (Å²) in [5.74, 6) is -0.671. The Morgan fingerprint density at radius 1 is 1.06 bits per heavy atom. The molecule has 7 heteroatoms. The predicted octanol–water partition coefficient (Wildman–Crippen LogP) is 2.82. The zero-order chi connectivity index (χ0) is 23.1. The van der Waals surface area contributed by atoms with E-state index in [9.17, 15) is 14.4 Å². The third-order valence-corrected chi connectivity index (χ3v) is 5.34. The first-order valence-corrected chi connectivity index (χ1v) is 10.7. The summed E-state index contributed by atoms with van der Waals surface area (Å²) >= 11 is 0. The molecule has 1 unspecified atom stereocenters. The van der Waals surface area contributed by atoms with E-state index < -0.39 is 12.0 Å². The Bertz CT molecular complexity index is 935. The van der Waals surface area contributed by atoms with Gasteiger partial charge in [0.25, 0.3) is 5.91 Å². The maximum atomic E-state index is 12.8. The number of piperazine rings is 1. The van der Waals surface area contributed by atoms with Crippen LogP contribution in [-0.2, 0) is 31.1 Å². The van der Waals surface area contributed by atoms with Crippen molar-refractivity contribution in [2.45, 2.75) is 45.3 Å². The second-order valence-corrected chi connectivity index (χ2v) is 8.81. The fraction of sp³-hybridized carbons (Fsp3) is 0.400. The van der Waals surface area contributed by atoms with E-state index in [2.05, 4.69) is 26.1 Å². The molecular formula is C25H30N2O5. The maximum Gasteiger partial charge on any atom is 0.308 e. The number of carbonyl (C=O) groups is 3. The molecule has 0 aliphatic carbocycles. The second-order valence-electron chi connectivity index (χ2n) is 8.81. The molecule has 2 aromatic rings. The highest BCUT2D eigenvalue weighted by molar-refractivity contribution is 5.92. The summed E-state index contributed by atoms with van der Waals surface area (Å²) in [6.45, 7) is 6.93. The van der Waals surface area contributed by atoms with Crippen LogP contribution in [0, 0.1) is 0 Å². The van der Waals surface area contributed by atoms with Crippen LogP contribution in [0.2, 0.25) is 0 Å². The fourth-order valence-electron chi connectivity index (χ4n) is 3.45. The molecule has 1 fully saturated rings. The molecular weight excluding hydrogens is 408 g/mol. The molecule has 0 bridgehead atoms. The van der Waals surface area contributed by atoms with Gasteiger partial charge in [-0.1, -0.05) is 63.2 Å². The summed E-state index contributed by atoms with van der Waals surface area (Å²) in [6, 6.07) is 16.0. The van der Waals surface area contributed by atoms with E-state index in [4.69, 9.17) is 9.47 Å². The molecule has 1 aliphatic heterocycles. The van der Waals surface area contributed by atoms with Gasteiger partial charge in [0, 0.05) is 13.1 Å². The number of amides is 2. The Morgan fingerprint density at radius 3 is 2.41 bits per heavy atom. The van der Waals surface area contributed by atoms with Crippen LogP contribution in [-0.4, -0.2) is 48.4 Å². The molecule has 1 aliphatic rings. The molecule has 170 valence electrons. The minimum absolute atomic E-state index is 0.0256. The van der Waals surface area contributed by atoms with Crippen molar-refractivity contribution >= 4 is 17.8 Å². The predicted molar refractivity (Wildman–Crippen MR) is 120 cm³/mol. The van der Waals surface area contributed by atoms with Gasteiger partial charge >= 0.3 is 5.97 Å². The highest BCUT2D eigenvalue weighted by Gasteiger charge is 2.35. The van der Waals surface area contributed by atoms with Crippen LogP contribution >= 0.6 is 0 Å². The van der Waals surface area contributed by atoms with E-state index in [-0.39, 0.29) is 36.9 Å². The van der Waals surface area contributed by atoms with Crippen LogP contribution in [0.25, 0.3) is 0 Å². The third kappa shape index (κ3) is 6.33. The molecule has 1 saturated heterocycles. The molecule has 2 amide bonds. The first kappa shape index (κ1) is 23.3. The maximum absolute atomic E-state index is 12.8. The van der Waals surface area contributed by atoms with E-state index in [0.717, 1.165) is 11.1 Å². The van der Waals surface area contributed by atoms with E-state index in [1.165, 1.54) is 4.90 Å². The number of hydrogen-bond donors (Lipinski definition) is 1. The number of nitrogens with one attached hydrogen (secondary N) is 1. The van der Waals surface area contributed by atoms with Gasteiger partial charge in [-0.25, -0.2) is 0 Å². The van der Waals surface area contributed by atoms with Gasteiger partial charge in [0.05, 0.1) is 6.42 Å². The summed E-state index contributed by atoms with van der Waals surface area (Å²) in [5.41, 5.74) is 2.04. The lowest BCUT2D eigenvalue weighted by Crippen LogP contribution is -2.58. The number of nitrogens with zero attached hydrogens (tertiary/aromatic N) is 1. The number of esters is 1. The standard InChI is InChI=1S/C25H30N2O5/c1-25(2,3)19-9-11-20(12-10-19)31-17-22(28)27-14-13-26-24(30)21(27)15-23(29)32-16-18-7-5-4-6-8-18/h4-12,21H,13-17H2,1-3H3,(H,26,30). The van der Waals surface area contributed by atoms with Crippen molar-refractivity contribution in [1.82, 2.24) is 10.2 Å². The Balaban J connectivity index is 1.56. The van der Waals surface area contributed by atoms with Crippen molar-refractivity contribution in [2.75, 3.05) is 19.7 Å². The summed E-state index contributed by atoms with van der Waals surface area (Å²) < 4.78 is 10.9. The van der Waals surface area contributed by atoms with E-state index in [1.54, 1.807) is 0 Å². The quantitative estimate of drug-likeness (QED) is 0.672. The van der Waals surface area contributed by atoms with Crippen molar-refractivity contribution in [1.29, 1.82) is 0 Å². The lowest BCUT2D eigenvalue weighted by molar-refractivity contribution is -0.153. The highest BCUT2D eigenvalue weighted by atomic mass is 16.5. The molecule has 2 aromatic carbocycles. The molecule has 7 nitrogen and oxygen atoms in total. The van der Waals surface area contributed by atoms with Gasteiger partial charge in [-0.05, 0) is 28.7 Å². The highest BCUT2D eigenvalue weighted by Crippen LogP contribution is 2.24. The smallest absolute Gasteiger partial charge is 0.308 e. The fourth-order valence-corrected chi connectivity index (χ4v) is 3.45. The van der Waals surface area contributed by atoms with Crippen LogP contribution < -0.4 is 10.1 Å². The van der Waals surface area contributed by atoms with Crippen molar-refractivity contribution in [3.8, 4) is 5.75 Å². The zero-order valence-corrected chi connectivity index (χ0v) is 18.8. The first-order chi connectivity index (χ1) is 15.2. The van der Waals surface area contributed by atoms with Crippen molar-refractivity contribution < 1.29 is 23.9 Å². The zero-order valence-electron chi connectivity index (χ0n) is 18.8. The van der Waals surface area contributed by atoms with Gasteiger partial charge < -0.3 is 19.7 Å². The lowest BCUT2D eigenvalue weighted by atomic mass is 9.87. The van der Waals surface area contributed by atoms with Gasteiger partial charge in [0.15, 0.2) is 6.61 Å². The SMILES string of the molecule is CC(C)(C)c1ccc(OCC(=O)N2CCNC(=O)C2CC(=O)OCc2ccccc2)cc1. The molecule has 0 radical (unpaired) electrons. The summed E-state index contributed by atoms with van der Waals surface area (Å²) in [7, 11) is 0. The van der Waals surface area contributed by atoms with Gasteiger partial charge in [0.2, 0.25) is 5.91 Å².